The van der Waals surface area contributed by atoms with Crippen LogP contribution in [0.5, 0.6) is 0 Å². The van der Waals surface area contributed by atoms with Gasteiger partial charge in [-0.2, -0.15) is 0 Å². The minimum Gasteiger partial charge on any atom is -0.350 e. The Kier molecular flexibility index (Phi) is 5.61. The number of hydrogen-bond donors (Lipinski definition) is 1. The molecule has 31 heavy (non-hydrogen) atoms. The third-order valence-electron chi connectivity index (χ3n) is 5.28. The number of carbonyl (C=O) groups excluding carboxylic acids is 2. The van der Waals surface area contributed by atoms with E-state index >= 15 is 0 Å². The Morgan fingerprint density at radius 2 is 1.42 bits per heavy atom. The van der Waals surface area contributed by atoms with E-state index in [1.807, 2.05) is 45.0 Å². The van der Waals surface area contributed by atoms with Crippen molar-refractivity contribution < 1.29 is 9.59 Å². The van der Waals surface area contributed by atoms with E-state index in [0.29, 0.717) is 32.6 Å². The van der Waals surface area contributed by atoms with Gasteiger partial charge in [-0.15, -0.1) is 0 Å². The highest BCUT2D eigenvalue weighted by atomic mass is 35.5. The first-order valence-corrected chi connectivity index (χ1v) is 10.5. The molecule has 1 heterocycles. The quantitative estimate of drug-likeness (QED) is 0.473. The van der Waals surface area contributed by atoms with E-state index in [1.54, 1.807) is 36.4 Å². The molecule has 0 saturated heterocycles. The van der Waals surface area contributed by atoms with Crippen LogP contribution in [-0.2, 0) is 9.59 Å². The van der Waals surface area contributed by atoms with Crippen molar-refractivity contribution in [2.24, 2.45) is 0 Å². The lowest BCUT2D eigenvalue weighted by Crippen LogP contribution is -2.32. The Balaban J connectivity index is 1.88. The smallest absolute Gasteiger partial charge is 0.282 e. The van der Waals surface area contributed by atoms with Gasteiger partial charge in [-0.25, -0.2) is 4.90 Å². The third kappa shape index (κ3) is 3.97. The summed E-state index contributed by atoms with van der Waals surface area (Å²) in [5.41, 5.74) is 5.29. The van der Waals surface area contributed by atoms with Gasteiger partial charge in [0.05, 0.1) is 11.3 Å². The first-order chi connectivity index (χ1) is 14.8. The number of rotatable bonds is 4. The standard InChI is InChI=1S/C25H20Cl2N2O2/c1-14-4-11-20(16(3)12-14)22-23(28-21-13-18(27)6-5-15(21)2)25(31)29(24(22)30)19-9-7-17(26)8-10-19/h4-13,28H,1-3H3. The minimum atomic E-state index is -0.429. The lowest BCUT2D eigenvalue weighted by Gasteiger charge is -2.16. The maximum absolute atomic E-state index is 13.5. The molecule has 1 aliphatic heterocycles. The number of hydrogen-bond acceptors (Lipinski definition) is 3. The van der Waals surface area contributed by atoms with Gasteiger partial charge in [-0.05, 0) is 73.9 Å². The molecule has 0 aromatic heterocycles. The van der Waals surface area contributed by atoms with Crippen molar-refractivity contribution in [3.05, 3.63) is 98.7 Å². The number of aryl methyl sites for hydroxylation is 3. The Morgan fingerprint density at radius 1 is 0.742 bits per heavy atom. The van der Waals surface area contributed by atoms with Crippen LogP contribution < -0.4 is 10.2 Å². The summed E-state index contributed by atoms with van der Waals surface area (Å²) in [5.74, 6) is -0.817. The lowest BCUT2D eigenvalue weighted by molar-refractivity contribution is -0.120. The van der Waals surface area contributed by atoms with Crippen LogP contribution in [-0.4, -0.2) is 11.8 Å². The van der Waals surface area contributed by atoms with Gasteiger partial charge in [0.25, 0.3) is 11.8 Å². The summed E-state index contributed by atoms with van der Waals surface area (Å²) in [5, 5.41) is 4.25. The topological polar surface area (TPSA) is 49.4 Å². The Labute approximate surface area is 191 Å². The molecular formula is C25H20Cl2N2O2. The fourth-order valence-electron chi connectivity index (χ4n) is 3.68. The van der Waals surface area contributed by atoms with Crippen LogP contribution in [0.1, 0.15) is 22.3 Å². The summed E-state index contributed by atoms with van der Waals surface area (Å²) in [7, 11) is 0. The van der Waals surface area contributed by atoms with Crippen LogP contribution in [0.2, 0.25) is 10.0 Å². The van der Waals surface area contributed by atoms with E-state index in [1.165, 1.54) is 4.90 Å². The monoisotopic (exact) mass is 450 g/mol. The van der Waals surface area contributed by atoms with Gasteiger partial charge in [-0.3, -0.25) is 9.59 Å². The van der Waals surface area contributed by atoms with Crippen LogP contribution in [0.15, 0.2) is 66.4 Å². The molecule has 1 aliphatic rings. The van der Waals surface area contributed by atoms with Crippen molar-refractivity contribution in [1.82, 2.24) is 0 Å². The van der Waals surface area contributed by atoms with Gasteiger partial charge < -0.3 is 5.32 Å². The fourth-order valence-corrected chi connectivity index (χ4v) is 3.98. The number of nitrogens with one attached hydrogen (secondary N) is 1. The van der Waals surface area contributed by atoms with E-state index < -0.39 is 5.91 Å². The van der Waals surface area contributed by atoms with Crippen LogP contribution in [0.4, 0.5) is 11.4 Å². The summed E-state index contributed by atoms with van der Waals surface area (Å²) in [6.45, 7) is 5.83. The van der Waals surface area contributed by atoms with Crippen LogP contribution in [0.25, 0.3) is 5.57 Å². The SMILES string of the molecule is Cc1ccc(C2=C(Nc3cc(Cl)ccc3C)C(=O)N(c3ccc(Cl)cc3)C2=O)c(C)c1. The molecule has 3 aromatic rings. The molecule has 0 saturated carbocycles. The molecule has 156 valence electrons. The van der Waals surface area contributed by atoms with Gasteiger partial charge >= 0.3 is 0 Å². The predicted molar refractivity (Wildman–Crippen MR) is 127 cm³/mol. The van der Waals surface area contributed by atoms with Gasteiger partial charge in [0.15, 0.2) is 0 Å². The molecule has 0 unspecified atom stereocenters. The normalized spacial score (nSPS) is 13.9. The van der Waals surface area contributed by atoms with Gasteiger partial charge in [0.2, 0.25) is 0 Å². The highest BCUT2D eigenvalue weighted by molar-refractivity contribution is 6.46. The number of anilines is 2. The maximum Gasteiger partial charge on any atom is 0.282 e. The number of benzene rings is 3. The van der Waals surface area contributed by atoms with Crippen molar-refractivity contribution in [3.8, 4) is 0 Å². The van der Waals surface area contributed by atoms with E-state index in [9.17, 15) is 9.59 Å². The number of nitrogens with zero attached hydrogens (tertiary/aromatic N) is 1. The molecule has 0 spiro atoms. The molecule has 0 atom stereocenters. The summed E-state index contributed by atoms with van der Waals surface area (Å²) in [4.78, 5) is 28.2. The van der Waals surface area contributed by atoms with Crippen LogP contribution in [0.3, 0.4) is 0 Å². The average Bonchev–Trinajstić information content (AvgIpc) is 2.96. The summed E-state index contributed by atoms with van der Waals surface area (Å²) >= 11 is 12.2. The largest absolute Gasteiger partial charge is 0.350 e. The second-order valence-electron chi connectivity index (χ2n) is 7.57. The molecule has 0 fully saturated rings. The molecule has 2 amide bonds. The summed E-state index contributed by atoms with van der Waals surface area (Å²) in [6.07, 6.45) is 0. The number of amides is 2. The third-order valence-corrected chi connectivity index (χ3v) is 5.77. The van der Waals surface area contributed by atoms with Gasteiger partial charge in [0.1, 0.15) is 5.70 Å². The van der Waals surface area contributed by atoms with Crippen molar-refractivity contribution in [3.63, 3.8) is 0 Å². The van der Waals surface area contributed by atoms with Crippen molar-refractivity contribution in [2.45, 2.75) is 20.8 Å². The van der Waals surface area contributed by atoms with Crippen molar-refractivity contribution in [1.29, 1.82) is 0 Å². The van der Waals surface area contributed by atoms with E-state index in [4.69, 9.17) is 23.2 Å². The molecule has 4 nitrogen and oxygen atoms in total. The van der Waals surface area contributed by atoms with Gasteiger partial charge in [0, 0.05) is 15.7 Å². The van der Waals surface area contributed by atoms with Gasteiger partial charge in [-0.1, -0.05) is 53.0 Å². The van der Waals surface area contributed by atoms with Crippen molar-refractivity contribution in [2.75, 3.05) is 10.2 Å². The molecule has 6 heteroatoms. The number of carbonyl (C=O) groups is 2. The zero-order valence-corrected chi connectivity index (χ0v) is 18.8. The summed E-state index contributed by atoms with van der Waals surface area (Å²) in [6, 6.07) is 17.8. The van der Waals surface area contributed by atoms with E-state index in [-0.39, 0.29) is 11.6 Å². The number of imide groups is 1. The highest BCUT2D eigenvalue weighted by Gasteiger charge is 2.40. The molecule has 1 N–H and O–H groups in total. The van der Waals surface area contributed by atoms with Crippen molar-refractivity contribution >= 4 is 52.0 Å². The van der Waals surface area contributed by atoms with E-state index in [0.717, 1.165) is 16.7 Å². The van der Waals surface area contributed by atoms with E-state index in [2.05, 4.69) is 5.32 Å². The molecule has 0 radical (unpaired) electrons. The zero-order chi connectivity index (χ0) is 22.3. The molecule has 0 bridgehead atoms. The molecule has 0 aliphatic carbocycles. The predicted octanol–water partition coefficient (Wildman–Crippen LogP) is 6.32. The lowest BCUT2D eigenvalue weighted by atomic mass is 9.97. The van der Waals surface area contributed by atoms with Crippen LogP contribution in [0, 0.1) is 20.8 Å². The fraction of sp³-hybridized carbons (Fsp3) is 0.120. The zero-order valence-electron chi connectivity index (χ0n) is 17.3. The molecule has 4 rings (SSSR count). The highest BCUT2D eigenvalue weighted by Crippen LogP contribution is 2.36. The molecular weight excluding hydrogens is 431 g/mol. The van der Waals surface area contributed by atoms with Crippen LogP contribution >= 0.6 is 23.2 Å². The second-order valence-corrected chi connectivity index (χ2v) is 8.45. The first kappa shape index (κ1) is 21.2. The minimum absolute atomic E-state index is 0.220. The second kappa shape index (κ2) is 8.22. The summed E-state index contributed by atoms with van der Waals surface area (Å²) < 4.78 is 0. The maximum atomic E-state index is 13.5. The Morgan fingerprint density at radius 3 is 2.10 bits per heavy atom. The molecule has 3 aromatic carbocycles. The first-order valence-electron chi connectivity index (χ1n) is 9.75. The number of halogens is 2. The Hall–Kier alpha value is -3.08. The average molecular weight is 451 g/mol. The Bertz CT molecular complexity index is 1250.